The van der Waals surface area contributed by atoms with Crippen LogP contribution in [0.15, 0.2) is 0 Å². The molecule has 214 valence electrons. The van der Waals surface area contributed by atoms with Gasteiger partial charge in [0.2, 0.25) is 35.4 Å². The van der Waals surface area contributed by atoms with Gasteiger partial charge in [0, 0.05) is 6.42 Å². The van der Waals surface area contributed by atoms with Crippen molar-refractivity contribution in [1.29, 1.82) is 0 Å². The number of amides is 6. The van der Waals surface area contributed by atoms with Crippen LogP contribution in [0.4, 0.5) is 0 Å². The van der Waals surface area contributed by atoms with Crippen LogP contribution in [-0.4, -0.2) is 111 Å². The summed E-state index contributed by atoms with van der Waals surface area (Å²) in [5.41, 5.74) is 15.5. The lowest BCUT2D eigenvalue weighted by Crippen LogP contribution is -2.60. The largest absolute Gasteiger partial charge is 0.481 e. The maximum atomic E-state index is 12.6. The third kappa shape index (κ3) is 12.6. The fourth-order valence-electron chi connectivity index (χ4n) is 2.71. The number of carboxylic acids is 2. The van der Waals surface area contributed by atoms with Gasteiger partial charge in [0.05, 0.1) is 32.1 Å². The van der Waals surface area contributed by atoms with Gasteiger partial charge in [0.1, 0.15) is 24.2 Å². The highest BCUT2D eigenvalue weighted by molar-refractivity contribution is 5.97. The Morgan fingerprint density at radius 1 is 0.605 bits per heavy atom. The van der Waals surface area contributed by atoms with E-state index in [1.54, 1.807) is 0 Å². The molecule has 0 rings (SSSR count). The lowest BCUT2D eigenvalue weighted by atomic mass is 10.1. The molecule has 14 N–H and O–H groups in total. The topological polar surface area (TPSA) is 344 Å². The fraction of sp³-hybridized carbons (Fsp3) is 0.579. The Kier molecular flexibility index (Phi) is 14.5. The van der Waals surface area contributed by atoms with Crippen molar-refractivity contribution >= 4 is 47.4 Å². The summed E-state index contributed by atoms with van der Waals surface area (Å²) >= 11 is 0. The Balaban J connectivity index is 5.44. The molecule has 0 aromatic heterocycles. The standard InChI is InChI=1S/C19H31N7O12/c20-7(1-2-14(31)32)15(33)25-10(5-27)17(35)23-8(3-12(21)29)16(34)26-11(6-28)18(36)24-9(19(37)38)4-13(22)30/h7-11,27-28H,1-6,20H2,(H2,21,29)(H2,22,30)(H,23,35)(H,24,36)(H,25,33)(H,26,34)(H,31,32)(H,37,38)/t7-,8-,9-,10-,11-/m0/s1. The molecule has 0 aliphatic carbocycles. The molecule has 38 heavy (non-hydrogen) atoms. The summed E-state index contributed by atoms with van der Waals surface area (Å²) < 4.78 is 0. The lowest BCUT2D eigenvalue weighted by molar-refractivity contribution is -0.144. The van der Waals surface area contributed by atoms with E-state index in [1.807, 2.05) is 21.3 Å². The van der Waals surface area contributed by atoms with Crippen LogP contribution in [0.3, 0.4) is 0 Å². The predicted octanol–water partition coefficient (Wildman–Crippen LogP) is -7.06. The van der Waals surface area contributed by atoms with E-state index in [1.165, 1.54) is 0 Å². The number of carbonyl (C=O) groups is 8. The van der Waals surface area contributed by atoms with Crippen LogP contribution in [0.25, 0.3) is 0 Å². The lowest BCUT2D eigenvalue weighted by Gasteiger charge is -2.24. The summed E-state index contributed by atoms with van der Waals surface area (Å²) in [6.45, 7) is -2.09. The molecule has 0 unspecified atom stereocenters. The van der Waals surface area contributed by atoms with Gasteiger partial charge in [-0.25, -0.2) is 4.79 Å². The molecular formula is C19H31N7O12. The second-order valence-electron chi connectivity index (χ2n) is 7.83. The second kappa shape index (κ2) is 16.4. The van der Waals surface area contributed by atoms with Crippen molar-refractivity contribution in [2.75, 3.05) is 13.2 Å². The molecule has 0 heterocycles. The first kappa shape index (κ1) is 33.6. The van der Waals surface area contributed by atoms with Crippen LogP contribution in [-0.2, 0) is 38.4 Å². The van der Waals surface area contributed by atoms with E-state index >= 15 is 0 Å². The Hall–Kier alpha value is -4.36. The van der Waals surface area contributed by atoms with Crippen LogP contribution in [0.1, 0.15) is 25.7 Å². The normalized spacial score (nSPS) is 14.5. The van der Waals surface area contributed by atoms with Crippen LogP contribution >= 0.6 is 0 Å². The van der Waals surface area contributed by atoms with E-state index in [0.29, 0.717) is 0 Å². The van der Waals surface area contributed by atoms with Crippen LogP contribution < -0.4 is 38.5 Å². The second-order valence-corrected chi connectivity index (χ2v) is 7.83. The van der Waals surface area contributed by atoms with Gasteiger partial charge >= 0.3 is 11.9 Å². The first-order valence-corrected chi connectivity index (χ1v) is 10.8. The smallest absolute Gasteiger partial charge is 0.326 e. The van der Waals surface area contributed by atoms with Gasteiger partial charge in [-0.2, -0.15) is 0 Å². The SMILES string of the molecule is NC(=O)C[C@H](NC(=O)[C@H](CO)NC(=O)[C@H](CC(N)=O)NC(=O)[C@H](CO)NC(=O)[C@@H](N)CCC(=O)O)C(=O)O. The first-order valence-electron chi connectivity index (χ1n) is 10.8. The first-order chi connectivity index (χ1) is 17.6. The van der Waals surface area contributed by atoms with Crippen LogP contribution in [0.5, 0.6) is 0 Å². The zero-order valence-electron chi connectivity index (χ0n) is 19.9. The average Bonchev–Trinajstić information content (AvgIpc) is 2.81. The molecule has 0 radical (unpaired) electrons. The number of carbonyl (C=O) groups excluding carboxylic acids is 6. The number of nitrogens with one attached hydrogen (secondary N) is 4. The highest BCUT2D eigenvalue weighted by atomic mass is 16.4. The molecule has 0 aromatic carbocycles. The van der Waals surface area contributed by atoms with Crippen molar-refractivity contribution in [3.05, 3.63) is 0 Å². The molecule has 19 nitrogen and oxygen atoms in total. The van der Waals surface area contributed by atoms with E-state index in [-0.39, 0.29) is 6.42 Å². The highest BCUT2D eigenvalue weighted by Gasteiger charge is 2.32. The van der Waals surface area contributed by atoms with E-state index in [9.17, 15) is 48.6 Å². The molecule has 19 heteroatoms. The molecule has 0 saturated heterocycles. The Labute approximate surface area is 214 Å². The summed E-state index contributed by atoms with van der Waals surface area (Å²) in [6.07, 6.45) is -2.40. The van der Waals surface area contributed by atoms with Crippen molar-refractivity contribution in [2.45, 2.75) is 55.9 Å². The number of hydrogen-bond donors (Lipinski definition) is 11. The monoisotopic (exact) mass is 549 g/mol. The molecule has 0 aliphatic heterocycles. The number of aliphatic hydroxyl groups excluding tert-OH is 2. The number of aliphatic carboxylic acids is 2. The molecule has 6 amide bonds. The number of rotatable bonds is 18. The summed E-state index contributed by atoms with van der Waals surface area (Å²) in [5, 5.41) is 44.5. The number of carboxylic acid groups (broad SMARTS) is 2. The van der Waals surface area contributed by atoms with Crippen molar-refractivity contribution < 1.29 is 58.8 Å². The molecule has 0 saturated carbocycles. The molecule has 0 bridgehead atoms. The molecule has 0 aromatic rings. The van der Waals surface area contributed by atoms with Gasteiger partial charge in [-0.15, -0.1) is 0 Å². The summed E-state index contributed by atoms with van der Waals surface area (Å²) in [6, 6.07) is -8.46. The predicted molar refractivity (Wildman–Crippen MR) is 122 cm³/mol. The summed E-state index contributed by atoms with van der Waals surface area (Å²) in [7, 11) is 0. The molecule has 0 spiro atoms. The number of nitrogens with two attached hydrogens (primary N) is 3. The van der Waals surface area contributed by atoms with Gasteiger partial charge in [-0.3, -0.25) is 33.6 Å². The van der Waals surface area contributed by atoms with E-state index < -0.39 is 110 Å². The minimum absolute atomic E-state index is 0.291. The van der Waals surface area contributed by atoms with E-state index in [0.717, 1.165) is 0 Å². The molecule has 0 fully saturated rings. The number of hydrogen-bond acceptors (Lipinski definition) is 11. The average molecular weight is 549 g/mol. The highest BCUT2D eigenvalue weighted by Crippen LogP contribution is 2.00. The van der Waals surface area contributed by atoms with E-state index in [4.69, 9.17) is 27.4 Å². The quantitative estimate of drug-likeness (QED) is 0.0757. The van der Waals surface area contributed by atoms with Gasteiger partial charge < -0.3 is 58.9 Å². The zero-order valence-corrected chi connectivity index (χ0v) is 19.9. The van der Waals surface area contributed by atoms with Gasteiger partial charge in [0.25, 0.3) is 0 Å². The van der Waals surface area contributed by atoms with Crippen molar-refractivity contribution in [2.24, 2.45) is 17.2 Å². The third-order valence-corrected chi connectivity index (χ3v) is 4.70. The third-order valence-electron chi connectivity index (χ3n) is 4.70. The maximum Gasteiger partial charge on any atom is 0.326 e. The van der Waals surface area contributed by atoms with Gasteiger partial charge in [-0.05, 0) is 6.42 Å². The number of primary amides is 2. The Bertz CT molecular complexity index is 928. The maximum absolute atomic E-state index is 12.6. The minimum atomic E-state index is -1.81. The van der Waals surface area contributed by atoms with Crippen LogP contribution in [0.2, 0.25) is 0 Å². The van der Waals surface area contributed by atoms with Gasteiger partial charge in [-0.1, -0.05) is 0 Å². The molecule has 0 aliphatic rings. The van der Waals surface area contributed by atoms with Crippen molar-refractivity contribution in [3.63, 3.8) is 0 Å². The van der Waals surface area contributed by atoms with E-state index in [2.05, 4.69) is 0 Å². The minimum Gasteiger partial charge on any atom is -0.481 e. The summed E-state index contributed by atoms with van der Waals surface area (Å²) in [4.78, 5) is 93.7. The Morgan fingerprint density at radius 2 is 0.974 bits per heavy atom. The number of aliphatic hydroxyl groups is 2. The van der Waals surface area contributed by atoms with Crippen molar-refractivity contribution in [1.82, 2.24) is 21.3 Å². The zero-order chi connectivity index (χ0) is 29.6. The van der Waals surface area contributed by atoms with Crippen molar-refractivity contribution in [3.8, 4) is 0 Å². The van der Waals surface area contributed by atoms with Gasteiger partial charge in [0.15, 0.2) is 0 Å². The molecular weight excluding hydrogens is 518 g/mol. The Morgan fingerprint density at radius 3 is 1.37 bits per heavy atom. The fourth-order valence-corrected chi connectivity index (χ4v) is 2.71. The summed E-state index contributed by atoms with van der Waals surface area (Å²) in [5.74, 6) is -9.76. The van der Waals surface area contributed by atoms with Crippen LogP contribution in [0, 0.1) is 0 Å². The molecule has 5 atom stereocenters.